The van der Waals surface area contributed by atoms with Crippen LogP contribution in [-0.2, 0) is 17.5 Å². The van der Waals surface area contributed by atoms with Crippen LogP contribution in [0.25, 0.3) is 0 Å². The molecule has 1 aromatic heterocycles. The van der Waals surface area contributed by atoms with Gasteiger partial charge in [-0.05, 0) is 29.8 Å². The van der Waals surface area contributed by atoms with E-state index in [1.165, 1.54) is 37.5 Å². The van der Waals surface area contributed by atoms with E-state index in [0.717, 1.165) is 12.1 Å². The van der Waals surface area contributed by atoms with Gasteiger partial charge in [-0.25, -0.2) is 13.0 Å². The number of amides is 1. The number of carbonyl (C=O) groups excluding carboxylic acids is 1. The van der Waals surface area contributed by atoms with Crippen molar-refractivity contribution in [1.29, 1.82) is 0 Å². The van der Waals surface area contributed by atoms with E-state index in [-0.39, 0.29) is 17.0 Å². The highest BCUT2D eigenvalue weighted by molar-refractivity contribution is 7.86. The van der Waals surface area contributed by atoms with E-state index < -0.39 is 28.5 Å². The third-order valence-electron chi connectivity index (χ3n) is 4.23. The van der Waals surface area contributed by atoms with Gasteiger partial charge in [-0.2, -0.15) is 0 Å². The van der Waals surface area contributed by atoms with Gasteiger partial charge < -0.3 is 9.64 Å². The van der Waals surface area contributed by atoms with Gasteiger partial charge >= 0.3 is 0 Å². The fraction of sp³-hybridized carbons (Fsp3) is 0.143. The fourth-order valence-corrected chi connectivity index (χ4v) is 3.74. The zero-order chi connectivity index (χ0) is 21.7. The summed E-state index contributed by atoms with van der Waals surface area (Å²) in [5.41, 5.74) is 1.12. The second-order valence-electron chi connectivity index (χ2n) is 6.39. The Hall–Kier alpha value is -3.33. The molecule has 0 aliphatic rings. The number of carbonyl (C=O) groups is 1. The van der Waals surface area contributed by atoms with E-state index in [9.17, 15) is 17.8 Å². The lowest BCUT2D eigenvalue weighted by Crippen LogP contribution is -2.27. The van der Waals surface area contributed by atoms with Crippen LogP contribution in [0.5, 0.6) is 5.75 Å². The molecule has 0 aliphatic heterocycles. The van der Waals surface area contributed by atoms with Gasteiger partial charge in [0, 0.05) is 19.7 Å². The van der Waals surface area contributed by atoms with Gasteiger partial charge in [0.25, 0.3) is 5.91 Å². The average molecular weight is 431 g/mol. The summed E-state index contributed by atoms with van der Waals surface area (Å²) in [7, 11) is 1.28. The van der Waals surface area contributed by atoms with Crippen molar-refractivity contribution in [3.05, 3.63) is 83.7 Å². The van der Waals surface area contributed by atoms with Crippen LogP contribution in [0.3, 0.4) is 0 Å². The molecule has 6 nitrogen and oxygen atoms in total. The summed E-state index contributed by atoms with van der Waals surface area (Å²) in [5, 5.41) is 0. The molecule has 1 atom stereocenters. The van der Waals surface area contributed by atoms with Crippen molar-refractivity contribution in [2.75, 3.05) is 18.9 Å². The molecule has 0 fully saturated rings. The SMILES string of the molecule is COc1cncc(NS(=O)c2ccccc2C(=O)N(C)Cc2ccc(F)c(F)c2)c1. The van der Waals surface area contributed by atoms with Crippen LogP contribution in [0.4, 0.5) is 14.5 Å². The Kier molecular flexibility index (Phi) is 6.73. The van der Waals surface area contributed by atoms with Crippen LogP contribution >= 0.6 is 0 Å². The van der Waals surface area contributed by atoms with Crippen LogP contribution in [0, 0.1) is 11.6 Å². The molecular formula is C21H19F2N3O3S. The predicted octanol–water partition coefficient (Wildman–Crippen LogP) is 3.78. The quantitative estimate of drug-likeness (QED) is 0.618. The summed E-state index contributed by atoms with van der Waals surface area (Å²) in [6.45, 7) is 0.0598. The van der Waals surface area contributed by atoms with Crippen LogP contribution < -0.4 is 9.46 Å². The first-order chi connectivity index (χ1) is 14.4. The molecular weight excluding hydrogens is 412 g/mol. The Labute approximate surface area is 175 Å². The van der Waals surface area contributed by atoms with E-state index in [1.54, 1.807) is 30.3 Å². The monoisotopic (exact) mass is 431 g/mol. The van der Waals surface area contributed by atoms with Crippen molar-refractivity contribution in [3.8, 4) is 5.75 Å². The Balaban J connectivity index is 1.79. The minimum atomic E-state index is -1.75. The van der Waals surface area contributed by atoms with Crippen LogP contribution in [0.2, 0.25) is 0 Å². The lowest BCUT2D eigenvalue weighted by atomic mass is 10.1. The van der Waals surface area contributed by atoms with Gasteiger partial charge in [-0.3, -0.25) is 14.5 Å². The molecule has 0 saturated heterocycles. The van der Waals surface area contributed by atoms with E-state index in [2.05, 4.69) is 9.71 Å². The molecule has 0 bridgehead atoms. The zero-order valence-corrected chi connectivity index (χ0v) is 17.1. The highest BCUT2D eigenvalue weighted by atomic mass is 32.2. The number of anilines is 1. The molecule has 1 N–H and O–H groups in total. The number of methoxy groups -OCH3 is 1. The lowest BCUT2D eigenvalue weighted by molar-refractivity contribution is 0.0781. The molecule has 2 aromatic carbocycles. The van der Waals surface area contributed by atoms with Crippen LogP contribution in [0.15, 0.2) is 65.8 Å². The standard InChI is InChI=1S/C21H19F2N3O3S/c1-26(13-14-7-8-18(22)19(23)9-14)21(27)17-5-3-4-6-20(17)30(28)25-15-10-16(29-2)12-24-11-15/h3-12,25H,13H2,1-2H3. The average Bonchev–Trinajstić information content (AvgIpc) is 2.75. The first kappa shape index (κ1) is 21.4. The fourth-order valence-electron chi connectivity index (χ4n) is 2.74. The number of aromatic nitrogens is 1. The van der Waals surface area contributed by atoms with E-state index in [4.69, 9.17) is 4.74 Å². The third-order valence-corrected chi connectivity index (χ3v) is 5.40. The zero-order valence-electron chi connectivity index (χ0n) is 16.3. The molecule has 0 aliphatic carbocycles. The number of rotatable bonds is 7. The smallest absolute Gasteiger partial charge is 0.255 e. The van der Waals surface area contributed by atoms with Crippen LogP contribution in [-0.4, -0.2) is 34.2 Å². The number of nitrogens with one attached hydrogen (secondary N) is 1. The highest BCUT2D eigenvalue weighted by Crippen LogP contribution is 2.21. The van der Waals surface area contributed by atoms with Crippen LogP contribution in [0.1, 0.15) is 15.9 Å². The van der Waals surface area contributed by atoms with Crippen molar-refractivity contribution in [2.24, 2.45) is 0 Å². The van der Waals surface area contributed by atoms with Gasteiger partial charge in [0.15, 0.2) is 22.6 Å². The Morgan fingerprint density at radius 1 is 1.13 bits per heavy atom. The Morgan fingerprint density at radius 3 is 2.63 bits per heavy atom. The number of benzene rings is 2. The summed E-state index contributed by atoms with van der Waals surface area (Å²) in [6, 6.07) is 11.6. The Morgan fingerprint density at radius 2 is 1.90 bits per heavy atom. The van der Waals surface area contributed by atoms with Gasteiger partial charge in [0.05, 0.1) is 35.6 Å². The van der Waals surface area contributed by atoms with Gasteiger partial charge in [0.2, 0.25) is 0 Å². The minimum Gasteiger partial charge on any atom is -0.495 e. The summed E-state index contributed by atoms with van der Waals surface area (Å²) >= 11 is 0. The number of hydrogen-bond acceptors (Lipinski definition) is 4. The maximum atomic E-state index is 13.4. The largest absolute Gasteiger partial charge is 0.495 e. The molecule has 1 unspecified atom stereocenters. The molecule has 0 spiro atoms. The molecule has 1 amide bonds. The first-order valence-electron chi connectivity index (χ1n) is 8.85. The normalized spacial score (nSPS) is 11.6. The molecule has 0 saturated carbocycles. The van der Waals surface area contributed by atoms with Crippen molar-refractivity contribution in [3.63, 3.8) is 0 Å². The second-order valence-corrected chi connectivity index (χ2v) is 7.57. The third kappa shape index (κ3) is 4.98. The molecule has 156 valence electrons. The summed E-state index contributed by atoms with van der Waals surface area (Å²) < 4.78 is 47.3. The molecule has 3 aromatic rings. The minimum absolute atomic E-state index is 0.0598. The van der Waals surface area contributed by atoms with Crippen molar-refractivity contribution in [2.45, 2.75) is 11.4 Å². The molecule has 9 heteroatoms. The van der Waals surface area contributed by atoms with E-state index >= 15 is 0 Å². The molecule has 3 rings (SSSR count). The maximum absolute atomic E-state index is 13.4. The van der Waals surface area contributed by atoms with Gasteiger partial charge in [-0.1, -0.05) is 18.2 Å². The van der Waals surface area contributed by atoms with Gasteiger partial charge in [-0.15, -0.1) is 0 Å². The number of pyridine rings is 1. The van der Waals surface area contributed by atoms with E-state index in [0.29, 0.717) is 17.0 Å². The summed E-state index contributed by atoms with van der Waals surface area (Å²) in [4.78, 5) is 18.6. The maximum Gasteiger partial charge on any atom is 0.255 e. The molecule has 0 radical (unpaired) electrons. The summed E-state index contributed by atoms with van der Waals surface area (Å²) in [6.07, 6.45) is 3.00. The number of nitrogens with zero attached hydrogens (tertiary/aromatic N) is 2. The molecule has 1 heterocycles. The van der Waals surface area contributed by atoms with Crippen molar-refractivity contribution < 1.29 is 22.5 Å². The Bertz CT molecular complexity index is 1090. The lowest BCUT2D eigenvalue weighted by Gasteiger charge is -2.19. The number of ether oxygens (including phenoxy) is 1. The highest BCUT2D eigenvalue weighted by Gasteiger charge is 2.20. The van der Waals surface area contributed by atoms with Crippen molar-refractivity contribution >= 4 is 22.6 Å². The second kappa shape index (κ2) is 9.45. The molecule has 30 heavy (non-hydrogen) atoms. The van der Waals surface area contributed by atoms with E-state index in [1.807, 2.05) is 0 Å². The van der Waals surface area contributed by atoms with Gasteiger partial charge in [0.1, 0.15) is 5.75 Å². The predicted molar refractivity (Wildman–Crippen MR) is 109 cm³/mol. The summed E-state index contributed by atoms with van der Waals surface area (Å²) in [5.74, 6) is -1.85. The van der Waals surface area contributed by atoms with Crippen molar-refractivity contribution in [1.82, 2.24) is 9.88 Å². The topological polar surface area (TPSA) is 71.5 Å². The number of hydrogen-bond donors (Lipinski definition) is 1. The first-order valence-corrected chi connectivity index (χ1v) is 10.00. The number of halogens is 2.